The first kappa shape index (κ1) is 15.6. The van der Waals surface area contributed by atoms with Crippen molar-refractivity contribution >= 4 is 17.3 Å². The summed E-state index contributed by atoms with van der Waals surface area (Å²) in [7, 11) is 0. The lowest BCUT2D eigenvalue weighted by molar-refractivity contribution is 0.568. The van der Waals surface area contributed by atoms with Crippen LogP contribution in [0.2, 0.25) is 5.02 Å². The first-order chi connectivity index (χ1) is 10.1. The van der Waals surface area contributed by atoms with E-state index < -0.39 is 0 Å². The van der Waals surface area contributed by atoms with E-state index in [4.69, 9.17) is 11.6 Å². The molecule has 1 aromatic heterocycles. The Morgan fingerprint density at radius 1 is 1.33 bits per heavy atom. The predicted octanol–water partition coefficient (Wildman–Crippen LogP) is 3.52. The van der Waals surface area contributed by atoms with E-state index in [0.29, 0.717) is 24.7 Å². The van der Waals surface area contributed by atoms with E-state index in [1.165, 1.54) is 10.2 Å². The number of nitrogens with one attached hydrogen (secondary N) is 1. The zero-order valence-electron chi connectivity index (χ0n) is 12.3. The SMILES string of the molecule is CCCn1ncc(NCC(C)c2ccccc2)c(Cl)c1=O. The molecule has 0 aliphatic carbocycles. The van der Waals surface area contributed by atoms with Gasteiger partial charge in [-0.1, -0.05) is 55.8 Å². The van der Waals surface area contributed by atoms with Gasteiger partial charge in [0.25, 0.3) is 5.56 Å². The first-order valence-corrected chi connectivity index (χ1v) is 7.55. The Bertz CT molecular complexity index is 640. The molecule has 5 heteroatoms. The summed E-state index contributed by atoms with van der Waals surface area (Å²) >= 11 is 6.13. The highest BCUT2D eigenvalue weighted by atomic mass is 35.5. The second kappa shape index (κ2) is 7.27. The minimum absolute atomic E-state index is 0.207. The van der Waals surface area contributed by atoms with Crippen LogP contribution in [0.4, 0.5) is 5.69 Å². The molecule has 0 saturated carbocycles. The van der Waals surface area contributed by atoms with Crippen LogP contribution < -0.4 is 10.9 Å². The van der Waals surface area contributed by atoms with Crippen LogP contribution in [0.3, 0.4) is 0 Å². The van der Waals surface area contributed by atoms with Gasteiger partial charge in [0.1, 0.15) is 5.02 Å². The number of aromatic nitrogens is 2. The number of benzene rings is 1. The van der Waals surface area contributed by atoms with Crippen molar-refractivity contribution in [3.8, 4) is 0 Å². The highest BCUT2D eigenvalue weighted by molar-refractivity contribution is 6.32. The van der Waals surface area contributed by atoms with Crippen LogP contribution in [-0.2, 0) is 6.54 Å². The van der Waals surface area contributed by atoms with Gasteiger partial charge in [-0.05, 0) is 17.9 Å². The maximum atomic E-state index is 12.0. The number of rotatable bonds is 6. The Morgan fingerprint density at radius 2 is 2.05 bits per heavy atom. The summed E-state index contributed by atoms with van der Waals surface area (Å²) in [6.45, 7) is 5.40. The van der Waals surface area contributed by atoms with E-state index in [0.717, 1.165) is 6.42 Å². The lowest BCUT2D eigenvalue weighted by Gasteiger charge is -2.15. The molecular weight excluding hydrogens is 286 g/mol. The van der Waals surface area contributed by atoms with Crippen LogP contribution in [0.1, 0.15) is 31.7 Å². The number of halogens is 1. The van der Waals surface area contributed by atoms with Crippen LogP contribution in [0.15, 0.2) is 41.3 Å². The van der Waals surface area contributed by atoms with Crippen LogP contribution in [0.5, 0.6) is 0 Å². The normalized spacial score (nSPS) is 12.1. The molecule has 2 rings (SSSR count). The van der Waals surface area contributed by atoms with Crippen LogP contribution in [-0.4, -0.2) is 16.3 Å². The highest BCUT2D eigenvalue weighted by Crippen LogP contribution is 2.19. The summed E-state index contributed by atoms with van der Waals surface area (Å²) in [6, 6.07) is 10.2. The third kappa shape index (κ3) is 3.85. The van der Waals surface area contributed by atoms with Gasteiger partial charge in [-0.2, -0.15) is 5.10 Å². The molecule has 0 bridgehead atoms. The molecule has 1 N–H and O–H groups in total. The summed E-state index contributed by atoms with van der Waals surface area (Å²) in [6.07, 6.45) is 2.47. The Hall–Kier alpha value is -1.81. The van der Waals surface area contributed by atoms with E-state index in [1.807, 2.05) is 25.1 Å². The quantitative estimate of drug-likeness (QED) is 0.888. The first-order valence-electron chi connectivity index (χ1n) is 7.18. The molecule has 21 heavy (non-hydrogen) atoms. The fraction of sp³-hybridized carbons (Fsp3) is 0.375. The van der Waals surface area contributed by atoms with Gasteiger partial charge >= 0.3 is 0 Å². The molecule has 112 valence electrons. The summed E-state index contributed by atoms with van der Waals surface area (Å²) in [5.74, 6) is 0.320. The Labute approximate surface area is 129 Å². The number of hydrogen-bond acceptors (Lipinski definition) is 3. The van der Waals surface area contributed by atoms with Gasteiger partial charge in [-0.3, -0.25) is 4.79 Å². The third-order valence-electron chi connectivity index (χ3n) is 3.39. The molecule has 2 aromatic rings. The van der Waals surface area contributed by atoms with Gasteiger partial charge in [0, 0.05) is 13.1 Å². The molecular formula is C16H20ClN3O. The van der Waals surface area contributed by atoms with Gasteiger partial charge in [-0.25, -0.2) is 4.68 Å². The Kier molecular flexibility index (Phi) is 5.39. The van der Waals surface area contributed by atoms with Crippen molar-refractivity contribution in [3.05, 3.63) is 57.5 Å². The minimum atomic E-state index is -0.240. The second-order valence-electron chi connectivity index (χ2n) is 5.09. The predicted molar refractivity (Wildman–Crippen MR) is 87.1 cm³/mol. The molecule has 0 radical (unpaired) electrons. The smallest absolute Gasteiger partial charge is 0.287 e. The van der Waals surface area contributed by atoms with E-state index in [2.05, 4.69) is 29.5 Å². The van der Waals surface area contributed by atoms with Crippen LogP contribution in [0, 0.1) is 0 Å². The molecule has 1 heterocycles. The van der Waals surface area contributed by atoms with Crippen molar-refractivity contribution < 1.29 is 0 Å². The fourth-order valence-corrected chi connectivity index (χ4v) is 2.34. The zero-order chi connectivity index (χ0) is 15.2. The second-order valence-corrected chi connectivity index (χ2v) is 5.47. The number of hydrogen-bond donors (Lipinski definition) is 1. The standard InChI is InChI=1S/C16H20ClN3O/c1-3-9-20-16(21)15(17)14(11-19-20)18-10-12(2)13-7-5-4-6-8-13/h4-8,11-12,18H,3,9-10H2,1-2H3. The van der Waals surface area contributed by atoms with Gasteiger partial charge in [0.15, 0.2) is 0 Å². The lowest BCUT2D eigenvalue weighted by Crippen LogP contribution is -2.24. The number of aryl methyl sites for hydroxylation is 1. The molecule has 0 aliphatic heterocycles. The zero-order valence-corrected chi connectivity index (χ0v) is 13.1. The monoisotopic (exact) mass is 305 g/mol. The summed E-state index contributed by atoms with van der Waals surface area (Å²) in [4.78, 5) is 12.0. The summed E-state index contributed by atoms with van der Waals surface area (Å²) in [5, 5.41) is 7.56. The van der Waals surface area contributed by atoms with E-state index in [9.17, 15) is 4.79 Å². The molecule has 1 atom stereocenters. The van der Waals surface area contributed by atoms with Gasteiger partial charge in [0.2, 0.25) is 0 Å². The Balaban J connectivity index is 2.07. The van der Waals surface area contributed by atoms with Crippen molar-refractivity contribution in [2.24, 2.45) is 0 Å². The third-order valence-corrected chi connectivity index (χ3v) is 3.75. The van der Waals surface area contributed by atoms with Gasteiger partial charge in [-0.15, -0.1) is 0 Å². The maximum Gasteiger partial charge on any atom is 0.287 e. The highest BCUT2D eigenvalue weighted by Gasteiger charge is 2.10. The topological polar surface area (TPSA) is 46.9 Å². The molecule has 0 aliphatic rings. The minimum Gasteiger partial charge on any atom is -0.382 e. The molecule has 0 saturated heterocycles. The van der Waals surface area contributed by atoms with Crippen molar-refractivity contribution in [3.63, 3.8) is 0 Å². The van der Waals surface area contributed by atoms with Crippen molar-refractivity contribution in [1.29, 1.82) is 0 Å². The lowest BCUT2D eigenvalue weighted by atomic mass is 10.0. The molecule has 0 fully saturated rings. The maximum absolute atomic E-state index is 12.0. The van der Waals surface area contributed by atoms with Crippen LogP contribution in [0.25, 0.3) is 0 Å². The molecule has 4 nitrogen and oxygen atoms in total. The van der Waals surface area contributed by atoms with E-state index in [1.54, 1.807) is 6.20 Å². The average Bonchev–Trinajstić information content (AvgIpc) is 2.52. The largest absolute Gasteiger partial charge is 0.382 e. The molecule has 0 spiro atoms. The molecule has 1 aromatic carbocycles. The van der Waals surface area contributed by atoms with Gasteiger partial charge in [0.05, 0.1) is 11.9 Å². The van der Waals surface area contributed by atoms with E-state index >= 15 is 0 Å². The summed E-state index contributed by atoms with van der Waals surface area (Å²) < 4.78 is 1.40. The molecule has 1 unspecified atom stereocenters. The van der Waals surface area contributed by atoms with Crippen molar-refractivity contribution in [1.82, 2.24) is 9.78 Å². The van der Waals surface area contributed by atoms with Crippen molar-refractivity contribution in [2.75, 3.05) is 11.9 Å². The number of anilines is 1. The van der Waals surface area contributed by atoms with E-state index in [-0.39, 0.29) is 10.6 Å². The fourth-order valence-electron chi connectivity index (χ4n) is 2.12. The molecule has 0 amide bonds. The summed E-state index contributed by atoms with van der Waals surface area (Å²) in [5.41, 5.74) is 1.60. The van der Waals surface area contributed by atoms with Gasteiger partial charge < -0.3 is 5.32 Å². The average molecular weight is 306 g/mol. The van der Waals surface area contributed by atoms with Crippen molar-refractivity contribution in [2.45, 2.75) is 32.7 Å². The van der Waals surface area contributed by atoms with Crippen LogP contribution >= 0.6 is 11.6 Å². The number of nitrogens with zero attached hydrogens (tertiary/aromatic N) is 2. The Morgan fingerprint density at radius 3 is 2.71 bits per heavy atom.